The van der Waals surface area contributed by atoms with Gasteiger partial charge in [0, 0.05) is 30.6 Å². The van der Waals surface area contributed by atoms with Crippen LogP contribution in [0.2, 0.25) is 0 Å². The van der Waals surface area contributed by atoms with Crippen LogP contribution < -0.4 is 10.2 Å². The first kappa shape index (κ1) is 24.3. The summed E-state index contributed by atoms with van der Waals surface area (Å²) < 4.78 is 19.6. The van der Waals surface area contributed by atoms with E-state index in [2.05, 4.69) is 10.3 Å². The van der Waals surface area contributed by atoms with E-state index in [9.17, 15) is 18.8 Å². The molecule has 0 saturated carbocycles. The Bertz CT molecular complexity index is 1070. The molecule has 0 aliphatic carbocycles. The van der Waals surface area contributed by atoms with E-state index < -0.39 is 36.2 Å². The van der Waals surface area contributed by atoms with Crippen LogP contribution in [0.5, 0.6) is 0 Å². The number of benzene rings is 1. The molecule has 0 radical (unpaired) electrons. The standard InChI is InChI=1S/C24H29FN4O4S/c1-13(2)9-17(23(32)29-10-16(25)21-20(29)19(30)11-33-21)26-22(31)15-7-5-14(6-8-15)18-12-34-24(27-18)28(3)4/h5-8,12-13,16-17,20-21H,9-11H2,1-4H3,(H,26,31)/t16-,17-,20+,21+/m0/s1. The summed E-state index contributed by atoms with van der Waals surface area (Å²) in [7, 11) is 3.85. The van der Waals surface area contributed by atoms with E-state index >= 15 is 0 Å². The molecule has 1 aromatic heterocycles. The van der Waals surface area contributed by atoms with Crippen molar-refractivity contribution in [1.29, 1.82) is 0 Å². The fraction of sp³-hybridized carbons (Fsp3) is 0.500. The van der Waals surface area contributed by atoms with Crippen molar-refractivity contribution < 1.29 is 23.5 Å². The summed E-state index contributed by atoms with van der Waals surface area (Å²) in [5, 5.41) is 5.65. The highest BCUT2D eigenvalue weighted by Gasteiger charge is 2.53. The van der Waals surface area contributed by atoms with Crippen molar-refractivity contribution in [3.05, 3.63) is 35.2 Å². The number of carbonyl (C=O) groups excluding carboxylic acids is 3. The Morgan fingerprint density at radius 2 is 2.00 bits per heavy atom. The van der Waals surface area contributed by atoms with Crippen molar-refractivity contribution in [3.63, 3.8) is 0 Å². The number of anilines is 1. The topological polar surface area (TPSA) is 91.8 Å². The van der Waals surface area contributed by atoms with Gasteiger partial charge in [0.1, 0.15) is 31.0 Å². The van der Waals surface area contributed by atoms with Gasteiger partial charge in [-0.1, -0.05) is 26.0 Å². The number of aromatic nitrogens is 1. The third-order valence-corrected chi connectivity index (χ3v) is 7.04. The number of nitrogens with one attached hydrogen (secondary N) is 1. The van der Waals surface area contributed by atoms with E-state index in [1.165, 1.54) is 16.2 Å². The third kappa shape index (κ3) is 4.83. The van der Waals surface area contributed by atoms with Gasteiger partial charge in [-0.25, -0.2) is 9.37 Å². The van der Waals surface area contributed by atoms with Crippen molar-refractivity contribution in [3.8, 4) is 11.3 Å². The van der Waals surface area contributed by atoms with Gasteiger partial charge in [0.2, 0.25) is 5.91 Å². The molecule has 34 heavy (non-hydrogen) atoms. The van der Waals surface area contributed by atoms with E-state index in [-0.39, 0.29) is 24.9 Å². The number of thiazole rings is 1. The number of carbonyl (C=O) groups is 3. The summed E-state index contributed by atoms with van der Waals surface area (Å²) in [5.41, 5.74) is 2.10. The summed E-state index contributed by atoms with van der Waals surface area (Å²) >= 11 is 1.53. The lowest BCUT2D eigenvalue weighted by atomic mass is 10.0. The van der Waals surface area contributed by atoms with E-state index in [1.807, 2.05) is 50.4 Å². The molecule has 2 aliphatic rings. The maximum Gasteiger partial charge on any atom is 0.251 e. The van der Waals surface area contributed by atoms with Crippen LogP contribution in [-0.4, -0.2) is 79.1 Å². The van der Waals surface area contributed by atoms with Crippen molar-refractivity contribution >= 4 is 34.1 Å². The molecule has 2 fully saturated rings. The SMILES string of the molecule is CC(C)C[C@H](NC(=O)c1ccc(-c2csc(N(C)C)n2)cc1)C(=O)N1C[C@H](F)[C@H]2OCC(=O)[C@H]21. The quantitative estimate of drug-likeness (QED) is 0.644. The van der Waals surface area contributed by atoms with E-state index in [0.29, 0.717) is 12.0 Å². The zero-order chi connectivity index (χ0) is 24.6. The monoisotopic (exact) mass is 488 g/mol. The lowest BCUT2D eigenvalue weighted by Crippen LogP contribution is -2.52. The predicted octanol–water partition coefficient (Wildman–Crippen LogP) is 2.54. The maximum absolute atomic E-state index is 14.4. The van der Waals surface area contributed by atoms with Crippen LogP contribution in [0.25, 0.3) is 11.3 Å². The van der Waals surface area contributed by atoms with E-state index in [0.717, 1.165) is 16.4 Å². The van der Waals surface area contributed by atoms with E-state index in [4.69, 9.17) is 4.74 Å². The second-order valence-electron chi connectivity index (χ2n) is 9.34. The summed E-state index contributed by atoms with van der Waals surface area (Å²) in [4.78, 5) is 46.2. The number of halogens is 1. The summed E-state index contributed by atoms with van der Waals surface area (Å²) in [5.74, 6) is -1.06. The first-order valence-electron chi connectivity index (χ1n) is 11.3. The molecule has 0 spiro atoms. The van der Waals surface area contributed by atoms with Gasteiger partial charge in [-0.2, -0.15) is 0 Å². The number of Topliss-reactive ketones (excluding diaryl/α,β-unsaturated/α-hetero) is 1. The molecule has 3 heterocycles. The van der Waals surface area contributed by atoms with Crippen LogP contribution in [0.3, 0.4) is 0 Å². The van der Waals surface area contributed by atoms with Crippen LogP contribution in [0.15, 0.2) is 29.6 Å². The lowest BCUT2D eigenvalue weighted by molar-refractivity contribution is -0.138. The van der Waals surface area contributed by atoms with Gasteiger partial charge in [0.25, 0.3) is 5.91 Å². The Morgan fingerprint density at radius 1 is 1.29 bits per heavy atom. The van der Waals surface area contributed by atoms with Gasteiger partial charge in [-0.3, -0.25) is 14.4 Å². The number of ketones is 1. The number of nitrogens with zero attached hydrogens (tertiary/aromatic N) is 3. The predicted molar refractivity (Wildman–Crippen MR) is 128 cm³/mol. The van der Waals surface area contributed by atoms with Crippen LogP contribution in [0.4, 0.5) is 9.52 Å². The molecule has 0 bridgehead atoms. The van der Waals surface area contributed by atoms with Crippen molar-refractivity contribution in [2.75, 3.05) is 32.1 Å². The number of fused-ring (bicyclic) bond motifs is 1. The first-order valence-corrected chi connectivity index (χ1v) is 12.2. The second-order valence-corrected chi connectivity index (χ2v) is 10.2. The molecule has 2 amide bonds. The largest absolute Gasteiger partial charge is 0.365 e. The molecule has 10 heteroatoms. The van der Waals surface area contributed by atoms with Gasteiger partial charge < -0.3 is 19.9 Å². The number of alkyl halides is 1. The van der Waals surface area contributed by atoms with Crippen LogP contribution in [0.1, 0.15) is 30.6 Å². The van der Waals surface area contributed by atoms with E-state index in [1.54, 1.807) is 12.1 Å². The third-order valence-electron chi connectivity index (χ3n) is 6.03. The molecule has 8 nitrogen and oxygen atoms in total. The number of likely N-dealkylation sites (tertiary alicyclic amines) is 1. The molecule has 4 rings (SSSR count). The Kier molecular flexibility index (Phi) is 6.99. The summed E-state index contributed by atoms with van der Waals surface area (Å²) in [6.07, 6.45) is -1.96. The molecule has 1 N–H and O–H groups in total. The first-order chi connectivity index (χ1) is 16.2. The lowest BCUT2D eigenvalue weighted by Gasteiger charge is -2.28. The zero-order valence-electron chi connectivity index (χ0n) is 19.7. The highest BCUT2D eigenvalue weighted by atomic mass is 32.1. The zero-order valence-corrected chi connectivity index (χ0v) is 20.5. The Labute approximate surface area is 202 Å². The highest BCUT2D eigenvalue weighted by Crippen LogP contribution is 2.31. The Morgan fingerprint density at radius 3 is 2.62 bits per heavy atom. The van der Waals surface area contributed by atoms with Crippen LogP contribution >= 0.6 is 11.3 Å². The molecule has 2 aliphatic heterocycles. The fourth-order valence-corrected chi connectivity index (χ4v) is 5.12. The maximum atomic E-state index is 14.4. The average molecular weight is 489 g/mol. The van der Waals surface area contributed by atoms with Gasteiger partial charge >= 0.3 is 0 Å². The van der Waals surface area contributed by atoms with Crippen molar-refractivity contribution in [1.82, 2.24) is 15.2 Å². The number of hydrogen-bond acceptors (Lipinski definition) is 7. The minimum Gasteiger partial charge on any atom is -0.365 e. The summed E-state index contributed by atoms with van der Waals surface area (Å²) in [6, 6.07) is 5.22. The van der Waals surface area contributed by atoms with Gasteiger partial charge in [0.15, 0.2) is 10.9 Å². The Hall–Kier alpha value is -2.85. The second kappa shape index (κ2) is 9.79. The molecular formula is C24H29FN4O4S. The number of hydrogen-bond donors (Lipinski definition) is 1. The highest BCUT2D eigenvalue weighted by molar-refractivity contribution is 7.14. The molecule has 2 saturated heterocycles. The number of ether oxygens (including phenoxy) is 1. The van der Waals surface area contributed by atoms with Crippen LogP contribution in [0, 0.1) is 5.92 Å². The van der Waals surface area contributed by atoms with Crippen LogP contribution in [-0.2, 0) is 14.3 Å². The number of rotatable bonds is 7. The molecule has 4 atom stereocenters. The minimum atomic E-state index is -1.41. The van der Waals surface area contributed by atoms with Gasteiger partial charge in [-0.05, 0) is 24.5 Å². The van der Waals surface area contributed by atoms with Gasteiger partial charge in [-0.15, -0.1) is 11.3 Å². The van der Waals surface area contributed by atoms with Crippen molar-refractivity contribution in [2.45, 2.75) is 44.6 Å². The Balaban J connectivity index is 1.48. The molecule has 0 unspecified atom stereocenters. The number of amides is 2. The molecule has 182 valence electrons. The summed E-state index contributed by atoms with van der Waals surface area (Å²) in [6.45, 7) is 3.47. The molecule has 1 aromatic carbocycles. The minimum absolute atomic E-state index is 0.0993. The van der Waals surface area contributed by atoms with Crippen molar-refractivity contribution in [2.24, 2.45) is 5.92 Å². The smallest absolute Gasteiger partial charge is 0.251 e. The normalized spacial score (nSPS) is 22.7. The average Bonchev–Trinajstić information content (AvgIpc) is 3.51. The molecule has 2 aromatic rings. The van der Waals surface area contributed by atoms with Gasteiger partial charge in [0.05, 0.1) is 12.2 Å². The fourth-order valence-electron chi connectivity index (χ4n) is 4.35. The molecular weight excluding hydrogens is 459 g/mol.